The summed E-state index contributed by atoms with van der Waals surface area (Å²) in [6, 6.07) is 6.47. The Kier molecular flexibility index (Phi) is 7.99. The fourth-order valence-corrected chi connectivity index (χ4v) is 2.67. The van der Waals surface area contributed by atoms with Gasteiger partial charge in [0.15, 0.2) is 17.3 Å². The minimum Gasteiger partial charge on any atom is -0.497 e. The molecular formula is C20H22ClN3O6. The van der Waals surface area contributed by atoms with E-state index in [1.807, 2.05) is 0 Å². The van der Waals surface area contributed by atoms with E-state index in [-0.39, 0.29) is 10.7 Å². The number of carbonyl (C=O) groups excluding carboxylic acids is 2. The number of amides is 1. The second kappa shape index (κ2) is 10.4. The summed E-state index contributed by atoms with van der Waals surface area (Å²) in [5.41, 5.74) is 0.541. The average Bonchev–Trinajstić information content (AvgIpc) is 2.74. The number of benzene rings is 2. The number of Topliss-reactive ketones (excluding diaryl/α,β-unsaturated/α-hetero) is 1. The van der Waals surface area contributed by atoms with Crippen LogP contribution < -0.4 is 24.3 Å². The molecule has 2 rings (SSSR count). The summed E-state index contributed by atoms with van der Waals surface area (Å²) in [7, 11) is 5.88. The maximum Gasteiger partial charge on any atom is 0.258 e. The standard InChI is InChI=1S/C20H22ClN3O6/c1-11(25)19(24-23-15-8-12(27-2)6-7-16(15)28-3)20(26)22-14-10-18(30-5)17(29-4)9-13(14)21/h6-10,19H,1-5H3,(H,22,26). The Labute approximate surface area is 178 Å². The monoisotopic (exact) mass is 435 g/mol. The van der Waals surface area contributed by atoms with Gasteiger partial charge in [-0.1, -0.05) is 11.6 Å². The van der Waals surface area contributed by atoms with Gasteiger partial charge < -0.3 is 24.3 Å². The molecule has 0 aliphatic rings. The quantitative estimate of drug-likeness (QED) is 0.470. The summed E-state index contributed by atoms with van der Waals surface area (Å²) in [4.78, 5) is 24.7. The van der Waals surface area contributed by atoms with Gasteiger partial charge in [0.25, 0.3) is 5.91 Å². The number of methoxy groups -OCH3 is 4. The smallest absolute Gasteiger partial charge is 0.258 e. The van der Waals surface area contributed by atoms with Crippen molar-refractivity contribution in [2.45, 2.75) is 13.0 Å². The van der Waals surface area contributed by atoms with Gasteiger partial charge in [-0.3, -0.25) is 9.59 Å². The Balaban J connectivity index is 2.30. The third-order valence-corrected chi connectivity index (χ3v) is 4.34. The maximum atomic E-state index is 12.7. The molecule has 0 fully saturated rings. The van der Waals surface area contributed by atoms with Crippen molar-refractivity contribution in [1.29, 1.82) is 0 Å². The van der Waals surface area contributed by atoms with Gasteiger partial charge >= 0.3 is 0 Å². The molecule has 10 heteroatoms. The van der Waals surface area contributed by atoms with Crippen LogP contribution >= 0.6 is 11.6 Å². The molecule has 0 saturated heterocycles. The molecule has 0 aromatic heterocycles. The molecule has 0 bridgehead atoms. The van der Waals surface area contributed by atoms with Crippen LogP contribution in [0.5, 0.6) is 23.0 Å². The van der Waals surface area contributed by atoms with Crippen LogP contribution in [0, 0.1) is 0 Å². The number of hydrogen-bond acceptors (Lipinski definition) is 8. The van der Waals surface area contributed by atoms with Gasteiger partial charge in [0.05, 0.1) is 39.1 Å². The van der Waals surface area contributed by atoms with Crippen LogP contribution in [0.25, 0.3) is 0 Å². The van der Waals surface area contributed by atoms with Gasteiger partial charge in [-0.05, 0) is 19.1 Å². The van der Waals surface area contributed by atoms with Gasteiger partial charge in [0.1, 0.15) is 17.2 Å². The van der Waals surface area contributed by atoms with Crippen molar-refractivity contribution in [2.75, 3.05) is 33.8 Å². The topological polar surface area (TPSA) is 108 Å². The first-order chi connectivity index (χ1) is 14.3. The maximum absolute atomic E-state index is 12.7. The lowest BCUT2D eigenvalue weighted by atomic mass is 10.2. The largest absolute Gasteiger partial charge is 0.497 e. The van der Waals surface area contributed by atoms with Crippen molar-refractivity contribution in [3.05, 3.63) is 35.4 Å². The zero-order valence-corrected chi connectivity index (χ0v) is 17.9. The molecule has 9 nitrogen and oxygen atoms in total. The molecule has 30 heavy (non-hydrogen) atoms. The van der Waals surface area contributed by atoms with Crippen molar-refractivity contribution in [3.8, 4) is 23.0 Å². The van der Waals surface area contributed by atoms with E-state index in [1.54, 1.807) is 18.2 Å². The van der Waals surface area contributed by atoms with Crippen LogP contribution in [-0.2, 0) is 9.59 Å². The molecule has 0 saturated carbocycles. The van der Waals surface area contributed by atoms with Gasteiger partial charge in [-0.15, -0.1) is 0 Å². The number of azo groups is 1. The van der Waals surface area contributed by atoms with E-state index in [1.165, 1.54) is 47.5 Å². The highest BCUT2D eigenvalue weighted by atomic mass is 35.5. The van der Waals surface area contributed by atoms with E-state index in [9.17, 15) is 9.59 Å². The second-order valence-corrected chi connectivity index (χ2v) is 6.35. The van der Waals surface area contributed by atoms with E-state index in [0.717, 1.165) is 0 Å². The van der Waals surface area contributed by atoms with Gasteiger partial charge in [0.2, 0.25) is 6.04 Å². The van der Waals surface area contributed by atoms with E-state index in [0.29, 0.717) is 28.7 Å². The third-order valence-electron chi connectivity index (χ3n) is 4.03. The van der Waals surface area contributed by atoms with Crippen molar-refractivity contribution >= 4 is 34.7 Å². The van der Waals surface area contributed by atoms with E-state index in [2.05, 4.69) is 15.5 Å². The van der Waals surface area contributed by atoms with Gasteiger partial charge in [-0.25, -0.2) is 0 Å². The first-order valence-electron chi connectivity index (χ1n) is 8.70. The fraction of sp³-hybridized carbons (Fsp3) is 0.300. The normalized spacial score (nSPS) is 11.7. The molecule has 0 aliphatic carbocycles. The Bertz CT molecular complexity index is 964. The molecular weight excluding hydrogens is 414 g/mol. The molecule has 0 aliphatic heterocycles. The summed E-state index contributed by atoms with van der Waals surface area (Å²) >= 11 is 6.19. The van der Waals surface area contributed by atoms with E-state index < -0.39 is 17.7 Å². The lowest BCUT2D eigenvalue weighted by molar-refractivity contribution is -0.126. The van der Waals surface area contributed by atoms with Crippen molar-refractivity contribution in [1.82, 2.24) is 0 Å². The van der Waals surface area contributed by atoms with Crippen LogP contribution in [0.4, 0.5) is 11.4 Å². The Morgan fingerprint density at radius 3 is 2.13 bits per heavy atom. The number of carbonyl (C=O) groups is 2. The molecule has 160 valence electrons. The predicted octanol–water partition coefficient (Wildman–Crippen LogP) is 4.05. The number of rotatable bonds is 9. The highest BCUT2D eigenvalue weighted by Gasteiger charge is 2.25. The second-order valence-electron chi connectivity index (χ2n) is 5.94. The number of nitrogens with one attached hydrogen (secondary N) is 1. The first kappa shape index (κ1) is 23.0. The summed E-state index contributed by atoms with van der Waals surface area (Å²) in [5.74, 6) is 0.473. The van der Waals surface area contributed by atoms with Gasteiger partial charge in [-0.2, -0.15) is 10.2 Å². The molecule has 1 unspecified atom stereocenters. The number of halogens is 1. The number of ketones is 1. The summed E-state index contributed by atoms with van der Waals surface area (Å²) < 4.78 is 20.7. The molecule has 0 spiro atoms. The number of hydrogen-bond donors (Lipinski definition) is 1. The van der Waals surface area contributed by atoms with Crippen LogP contribution in [0.3, 0.4) is 0 Å². The zero-order chi connectivity index (χ0) is 22.3. The molecule has 1 amide bonds. The lowest BCUT2D eigenvalue weighted by Gasteiger charge is -2.14. The van der Waals surface area contributed by atoms with E-state index in [4.69, 9.17) is 30.5 Å². The molecule has 0 radical (unpaired) electrons. The third kappa shape index (κ3) is 5.38. The minimum atomic E-state index is -1.40. The van der Waals surface area contributed by atoms with E-state index >= 15 is 0 Å². The van der Waals surface area contributed by atoms with Crippen molar-refractivity contribution < 1.29 is 28.5 Å². The highest BCUT2D eigenvalue weighted by Crippen LogP contribution is 2.36. The number of anilines is 1. The van der Waals surface area contributed by atoms with Crippen LogP contribution in [0.2, 0.25) is 5.02 Å². The first-order valence-corrected chi connectivity index (χ1v) is 9.08. The summed E-state index contributed by atoms with van der Waals surface area (Å²) in [6.07, 6.45) is 0. The fourth-order valence-electron chi connectivity index (χ4n) is 2.46. The zero-order valence-electron chi connectivity index (χ0n) is 17.2. The van der Waals surface area contributed by atoms with Crippen molar-refractivity contribution in [2.24, 2.45) is 10.2 Å². The number of nitrogens with zero attached hydrogens (tertiary/aromatic N) is 2. The molecule has 1 atom stereocenters. The van der Waals surface area contributed by atoms with Crippen LogP contribution in [-0.4, -0.2) is 46.2 Å². The molecule has 1 N–H and O–H groups in total. The Hall–Kier alpha value is -3.33. The predicted molar refractivity (Wildman–Crippen MR) is 112 cm³/mol. The van der Waals surface area contributed by atoms with Crippen LogP contribution in [0.1, 0.15) is 6.92 Å². The minimum absolute atomic E-state index is 0.203. The van der Waals surface area contributed by atoms with Gasteiger partial charge in [0, 0.05) is 18.2 Å². The molecule has 0 heterocycles. The van der Waals surface area contributed by atoms with Crippen molar-refractivity contribution in [3.63, 3.8) is 0 Å². The van der Waals surface area contributed by atoms with Crippen LogP contribution in [0.15, 0.2) is 40.6 Å². The Morgan fingerprint density at radius 2 is 1.57 bits per heavy atom. The lowest BCUT2D eigenvalue weighted by Crippen LogP contribution is -2.31. The molecule has 2 aromatic carbocycles. The summed E-state index contributed by atoms with van der Waals surface area (Å²) in [5, 5.41) is 10.7. The average molecular weight is 436 g/mol. The SMILES string of the molecule is COc1ccc(OC)c(N=NC(C(C)=O)C(=O)Nc2cc(OC)c(OC)cc2Cl)c1. The highest BCUT2D eigenvalue weighted by molar-refractivity contribution is 6.34. The summed E-state index contributed by atoms with van der Waals surface area (Å²) in [6.45, 7) is 1.24. The molecule has 2 aromatic rings. The number of ether oxygens (including phenoxy) is 4. The Morgan fingerprint density at radius 1 is 0.933 bits per heavy atom.